The average Bonchev–Trinajstić information content (AvgIpc) is 2.95. The normalized spacial score (nSPS) is 10.3. The van der Waals surface area contributed by atoms with Crippen LogP contribution in [0, 0.1) is 18.3 Å². The second kappa shape index (κ2) is 6.46. The lowest BCUT2D eigenvalue weighted by molar-refractivity contribution is 0.515. The largest absolute Gasteiger partial charge is 0.438 e. The first kappa shape index (κ1) is 15.0. The zero-order chi connectivity index (χ0) is 16.2. The Hall–Kier alpha value is -2.91. The molecule has 7 heteroatoms. The maximum atomic E-state index is 8.69. The summed E-state index contributed by atoms with van der Waals surface area (Å²) < 4.78 is 5.79. The fourth-order valence-electron chi connectivity index (χ4n) is 2.05. The molecular weight excluding hydrogens is 314 g/mol. The molecule has 0 bridgehead atoms. The highest BCUT2D eigenvalue weighted by molar-refractivity contribution is 6.30. The van der Waals surface area contributed by atoms with Gasteiger partial charge in [-0.05, 0) is 43.3 Å². The second-order valence-corrected chi connectivity index (χ2v) is 5.23. The Morgan fingerprint density at radius 2 is 1.96 bits per heavy atom. The minimum Gasteiger partial charge on any atom is -0.438 e. The number of halogens is 1. The van der Waals surface area contributed by atoms with Crippen LogP contribution in [0.25, 0.3) is 11.3 Å². The van der Waals surface area contributed by atoms with Crippen molar-refractivity contribution in [2.24, 2.45) is 0 Å². The molecule has 0 fully saturated rings. The molecule has 2 heterocycles. The van der Waals surface area contributed by atoms with E-state index in [0.717, 1.165) is 11.3 Å². The molecular formula is C16H12ClN5O. The fraction of sp³-hybridized carbons (Fsp3) is 0.125. The third-order valence-corrected chi connectivity index (χ3v) is 3.40. The second-order valence-electron chi connectivity index (χ2n) is 4.80. The molecule has 0 aliphatic heterocycles. The molecule has 0 saturated carbocycles. The van der Waals surface area contributed by atoms with Crippen LogP contribution in [-0.4, -0.2) is 15.2 Å². The lowest BCUT2D eigenvalue weighted by Crippen LogP contribution is -2.03. The standard InChI is InChI=1S/C16H12ClN5O/c1-10-16(11-2-4-12(17)5-3-11)23-15(20-10)9-19-14-7-6-13(8-18)21-22-14/h2-7H,9H2,1H3,(H,19,22). The van der Waals surface area contributed by atoms with E-state index in [1.165, 1.54) is 0 Å². The van der Waals surface area contributed by atoms with Gasteiger partial charge in [-0.25, -0.2) is 4.98 Å². The van der Waals surface area contributed by atoms with Crippen molar-refractivity contribution >= 4 is 17.4 Å². The molecule has 1 N–H and O–H groups in total. The zero-order valence-electron chi connectivity index (χ0n) is 12.2. The van der Waals surface area contributed by atoms with E-state index in [4.69, 9.17) is 21.3 Å². The number of aromatic nitrogens is 3. The summed E-state index contributed by atoms with van der Waals surface area (Å²) in [6, 6.07) is 12.6. The van der Waals surface area contributed by atoms with Crippen LogP contribution < -0.4 is 5.32 Å². The SMILES string of the molecule is Cc1nc(CNc2ccc(C#N)nn2)oc1-c1ccc(Cl)cc1. The first-order valence-corrected chi connectivity index (χ1v) is 7.23. The van der Waals surface area contributed by atoms with Gasteiger partial charge in [0.05, 0.1) is 12.2 Å². The molecule has 2 aromatic heterocycles. The third-order valence-electron chi connectivity index (χ3n) is 3.15. The third kappa shape index (κ3) is 3.47. The van der Waals surface area contributed by atoms with Crippen molar-refractivity contribution in [1.29, 1.82) is 5.26 Å². The highest BCUT2D eigenvalue weighted by Gasteiger charge is 2.11. The molecule has 3 rings (SSSR count). The van der Waals surface area contributed by atoms with E-state index in [1.807, 2.05) is 37.3 Å². The summed E-state index contributed by atoms with van der Waals surface area (Å²) in [6.07, 6.45) is 0. The Morgan fingerprint density at radius 1 is 1.17 bits per heavy atom. The summed E-state index contributed by atoms with van der Waals surface area (Å²) in [5.74, 6) is 1.80. The number of nitrogens with one attached hydrogen (secondary N) is 1. The number of oxazole rings is 1. The summed E-state index contributed by atoms with van der Waals surface area (Å²) in [5, 5.41) is 20.1. The van der Waals surface area contributed by atoms with Crippen molar-refractivity contribution in [3.05, 3.63) is 58.7 Å². The van der Waals surface area contributed by atoms with Gasteiger partial charge in [-0.2, -0.15) is 5.26 Å². The monoisotopic (exact) mass is 325 g/mol. The van der Waals surface area contributed by atoms with Crippen LogP contribution in [0.4, 0.5) is 5.82 Å². The van der Waals surface area contributed by atoms with E-state index >= 15 is 0 Å². The molecule has 3 aromatic rings. The van der Waals surface area contributed by atoms with Crippen LogP contribution in [0.15, 0.2) is 40.8 Å². The molecule has 0 unspecified atom stereocenters. The molecule has 6 nitrogen and oxygen atoms in total. The number of hydrogen-bond acceptors (Lipinski definition) is 6. The van der Waals surface area contributed by atoms with Crippen LogP contribution in [0.2, 0.25) is 5.02 Å². The molecule has 0 radical (unpaired) electrons. The lowest BCUT2D eigenvalue weighted by atomic mass is 10.1. The summed E-state index contributed by atoms with van der Waals surface area (Å²) in [4.78, 5) is 4.40. The van der Waals surface area contributed by atoms with E-state index in [1.54, 1.807) is 12.1 Å². The maximum absolute atomic E-state index is 8.69. The van der Waals surface area contributed by atoms with Crippen LogP contribution in [0.1, 0.15) is 17.3 Å². The summed E-state index contributed by atoms with van der Waals surface area (Å²) >= 11 is 5.89. The van der Waals surface area contributed by atoms with Gasteiger partial charge in [0, 0.05) is 10.6 Å². The van der Waals surface area contributed by atoms with Gasteiger partial charge in [0.2, 0.25) is 5.89 Å². The predicted molar refractivity (Wildman–Crippen MR) is 85.8 cm³/mol. The van der Waals surface area contributed by atoms with Gasteiger partial charge in [0.25, 0.3) is 0 Å². The van der Waals surface area contributed by atoms with Gasteiger partial charge in [-0.15, -0.1) is 10.2 Å². The highest BCUT2D eigenvalue weighted by atomic mass is 35.5. The molecule has 0 amide bonds. The number of nitriles is 1. The molecule has 0 aliphatic carbocycles. The van der Waals surface area contributed by atoms with E-state index in [-0.39, 0.29) is 5.69 Å². The predicted octanol–water partition coefficient (Wildman–Crippen LogP) is 3.58. The lowest BCUT2D eigenvalue weighted by Gasteiger charge is -2.01. The first-order valence-electron chi connectivity index (χ1n) is 6.85. The summed E-state index contributed by atoms with van der Waals surface area (Å²) in [5.41, 5.74) is 1.99. The number of nitrogens with zero attached hydrogens (tertiary/aromatic N) is 4. The minimum atomic E-state index is 0.271. The summed E-state index contributed by atoms with van der Waals surface area (Å²) in [7, 11) is 0. The number of rotatable bonds is 4. The molecule has 1 aromatic carbocycles. The number of anilines is 1. The fourth-order valence-corrected chi connectivity index (χ4v) is 2.18. The van der Waals surface area contributed by atoms with E-state index in [9.17, 15) is 0 Å². The molecule has 0 aliphatic rings. The van der Waals surface area contributed by atoms with Crippen LogP contribution in [-0.2, 0) is 6.54 Å². The maximum Gasteiger partial charge on any atom is 0.214 e. The zero-order valence-corrected chi connectivity index (χ0v) is 13.0. The Kier molecular flexibility index (Phi) is 4.22. The summed E-state index contributed by atoms with van der Waals surface area (Å²) in [6.45, 7) is 2.26. The average molecular weight is 326 g/mol. The van der Waals surface area contributed by atoms with Crippen LogP contribution >= 0.6 is 11.6 Å². The van der Waals surface area contributed by atoms with Gasteiger partial charge in [0.15, 0.2) is 11.5 Å². The van der Waals surface area contributed by atoms with Crippen LogP contribution in [0.3, 0.4) is 0 Å². The first-order chi connectivity index (χ1) is 11.2. The Bertz CT molecular complexity index is 850. The van der Waals surface area contributed by atoms with Crippen LogP contribution in [0.5, 0.6) is 0 Å². The number of hydrogen-bond donors (Lipinski definition) is 1. The molecule has 0 atom stereocenters. The van der Waals surface area contributed by atoms with Gasteiger partial charge in [0.1, 0.15) is 11.9 Å². The van der Waals surface area contributed by atoms with Gasteiger partial charge in [-0.1, -0.05) is 11.6 Å². The van der Waals surface area contributed by atoms with Crippen molar-refractivity contribution in [3.8, 4) is 17.4 Å². The molecule has 114 valence electrons. The molecule has 23 heavy (non-hydrogen) atoms. The quantitative estimate of drug-likeness (QED) is 0.788. The van der Waals surface area contributed by atoms with Crippen molar-refractivity contribution in [2.75, 3.05) is 5.32 Å². The van der Waals surface area contributed by atoms with Crippen molar-refractivity contribution in [2.45, 2.75) is 13.5 Å². The topological polar surface area (TPSA) is 87.6 Å². The molecule has 0 spiro atoms. The Labute approximate surface area is 137 Å². The Morgan fingerprint density at radius 3 is 2.61 bits per heavy atom. The van der Waals surface area contributed by atoms with Gasteiger partial charge in [-0.3, -0.25) is 0 Å². The van der Waals surface area contributed by atoms with Crippen molar-refractivity contribution < 1.29 is 4.42 Å². The van der Waals surface area contributed by atoms with Crippen molar-refractivity contribution in [3.63, 3.8) is 0 Å². The minimum absolute atomic E-state index is 0.271. The molecule has 0 saturated heterocycles. The Balaban J connectivity index is 1.73. The number of aryl methyl sites for hydroxylation is 1. The van der Waals surface area contributed by atoms with Crippen molar-refractivity contribution in [1.82, 2.24) is 15.2 Å². The highest BCUT2D eigenvalue weighted by Crippen LogP contribution is 2.26. The number of benzene rings is 1. The van der Waals surface area contributed by atoms with E-state index in [0.29, 0.717) is 29.0 Å². The smallest absolute Gasteiger partial charge is 0.214 e. The van der Waals surface area contributed by atoms with E-state index < -0.39 is 0 Å². The van der Waals surface area contributed by atoms with E-state index in [2.05, 4.69) is 20.5 Å². The van der Waals surface area contributed by atoms with Gasteiger partial charge < -0.3 is 9.73 Å². The van der Waals surface area contributed by atoms with Gasteiger partial charge >= 0.3 is 0 Å².